The first-order valence-corrected chi connectivity index (χ1v) is 6.89. The Kier molecular flexibility index (Phi) is 3.86. The summed E-state index contributed by atoms with van der Waals surface area (Å²) < 4.78 is 0.970. The van der Waals surface area contributed by atoms with Gasteiger partial charge in [-0.3, -0.25) is 0 Å². The molecule has 1 aromatic rings. The highest BCUT2D eigenvalue weighted by atomic mass is 79.9. The van der Waals surface area contributed by atoms with Gasteiger partial charge in [-0.15, -0.1) is 0 Å². The average molecular weight is 299 g/mol. The Hall–Kier alpha value is -0.840. The van der Waals surface area contributed by atoms with Gasteiger partial charge in [0, 0.05) is 25.8 Å². The molecule has 4 nitrogen and oxygen atoms in total. The highest BCUT2D eigenvalue weighted by Crippen LogP contribution is 2.32. The van der Waals surface area contributed by atoms with Crippen LogP contribution in [-0.4, -0.2) is 29.6 Å². The predicted octanol–water partition coefficient (Wildman–Crippen LogP) is 2.91. The van der Waals surface area contributed by atoms with Crippen molar-refractivity contribution in [2.24, 2.45) is 5.92 Å². The molecule has 0 aromatic carbocycles. The predicted molar refractivity (Wildman–Crippen MR) is 74.5 cm³/mol. The third-order valence-corrected chi connectivity index (χ3v) is 4.15. The molecule has 2 unspecified atom stereocenters. The summed E-state index contributed by atoms with van der Waals surface area (Å²) in [6, 6.07) is 0.527. The summed E-state index contributed by atoms with van der Waals surface area (Å²) in [6.07, 6.45) is 4.36. The van der Waals surface area contributed by atoms with E-state index in [4.69, 9.17) is 0 Å². The normalized spacial score (nSPS) is 24.8. The maximum atomic E-state index is 4.56. The summed E-state index contributed by atoms with van der Waals surface area (Å²) in [5, 5.41) is 2.99. The number of nitrogens with one attached hydrogen (secondary N) is 1. The minimum Gasteiger partial charge on any atom is -0.357 e. The van der Waals surface area contributed by atoms with Gasteiger partial charge in [0.2, 0.25) is 5.95 Å². The Morgan fingerprint density at radius 3 is 2.94 bits per heavy atom. The monoisotopic (exact) mass is 298 g/mol. The van der Waals surface area contributed by atoms with Crippen LogP contribution in [0.4, 0.5) is 11.8 Å². The van der Waals surface area contributed by atoms with E-state index in [-0.39, 0.29) is 0 Å². The first-order chi connectivity index (χ1) is 8.13. The third-order valence-electron chi connectivity index (χ3n) is 3.59. The van der Waals surface area contributed by atoms with Gasteiger partial charge < -0.3 is 10.2 Å². The number of anilines is 2. The summed E-state index contributed by atoms with van der Waals surface area (Å²) >= 11 is 3.55. The van der Waals surface area contributed by atoms with Crippen LogP contribution in [0.5, 0.6) is 0 Å². The molecule has 1 fully saturated rings. The molecule has 94 valence electrons. The van der Waals surface area contributed by atoms with Crippen molar-refractivity contribution in [1.29, 1.82) is 0 Å². The van der Waals surface area contributed by atoms with Crippen molar-refractivity contribution in [1.82, 2.24) is 9.97 Å². The van der Waals surface area contributed by atoms with E-state index in [0.29, 0.717) is 17.9 Å². The van der Waals surface area contributed by atoms with Crippen LogP contribution >= 0.6 is 15.9 Å². The van der Waals surface area contributed by atoms with Crippen LogP contribution in [0.3, 0.4) is 0 Å². The molecule has 1 aliphatic rings. The van der Waals surface area contributed by atoms with Crippen LogP contribution in [-0.2, 0) is 0 Å². The highest BCUT2D eigenvalue weighted by molar-refractivity contribution is 9.10. The van der Waals surface area contributed by atoms with Gasteiger partial charge in [0.25, 0.3) is 0 Å². The fraction of sp³-hybridized carbons (Fsp3) is 0.667. The van der Waals surface area contributed by atoms with Crippen molar-refractivity contribution >= 4 is 27.7 Å². The fourth-order valence-corrected chi connectivity index (χ4v) is 2.73. The van der Waals surface area contributed by atoms with Crippen LogP contribution in [0.1, 0.15) is 26.7 Å². The van der Waals surface area contributed by atoms with E-state index >= 15 is 0 Å². The summed E-state index contributed by atoms with van der Waals surface area (Å²) in [7, 11) is 1.84. The SMILES string of the molecule is CNc1ncc(Br)c(N2CCCC(C)C2C)n1. The van der Waals surface area contributed by atoms with Crippen molar-refractivity contribution in [2.45, 2.75) is 32.7 Å². The molecule has 2 heterocycles. The second-order valence-corrected chi connectivity index (χ2v) is 5.52. The van der Waals surface area contributed by atoms with Gasteiger partial charge >= 0.3 is 0 Å². The second kappa shape index (κ2) is 5.21. The van der Waals surface area contributed by atoms with Gasteiger partial charge in [0.15, 0.2) is 0 Å². The molecule has 1 aromatic heterocycles. The third kappa shape index (κ3) is 2.54. The summed E-state index contributed by atoms with van der Waals surface area (Å²) in [5.41, 5.74) is 0. The molecule has 17 heavy (non-hydrogen) atoms. The van der Waals surface area contributed by atoms with Crippen LogP contribution < -0.4 is 10.2 Å². The molecule has 0 spiro atoms. The van der Waals surface area contributed by atoms with Crippen molar-refractivity contribution < 1.29 is 0 Å². The number of hydrogen-bond donors (Lipinski definition) is 1. The van der Waals surface area contributed by atoms with E-state index in [1.165, 1.54) is 12.8 Å². The largest absolute Gasteiger partial charge is 0.357 e. The zero-order valence-corrected chi connectivity index (χ0v) is 12.2. The van der Waals surface area contributed by atoms with E-state index < -0.39 is 0 Å². The number of hydrogen-bond acceptors (Lipinski definition) is 4. The number of rotatable bonds is 2. The smallest absolute Gasteiger partial charge is 0.224 e. The molecule has 1 saturated heterocycles. The van der Waals surface area contributed by atoms with Crippen molar-refractivity contribution in [3.05, 3.63) is 10.7 Å². The number of nitrogens with zero attached hydrogens (tertiary/aromatic N) is 3. The molecule has 0 radical (unpaired) electrons. The van der Waals surface area contributed by atoms with Crippen LogP contribution in [0.2, 0.25) is 0 Å². The summed E-state index contributed by atoms with van der Waals surface area (Å²) in [4.78, 5) is 11.1. The Morgan fingerprint density at radius 1 is 1.47 bits per heavy atom. The molecule has 1 N–H and O–H groups in total. The maximum Gasteiger partial charge on any atom is 0.224 e. The molecule has 0 amide bonds. The molecule has 0 bridgehead atoms. The first-order valence-electron chi connectivity index (χ1n) is 6.10. The Labute approximate surface area is 111 Å². The molecule has 0 aliphatic carbocycles. The quantitative estimate of drug-likeness (QED) is 0.911. The lowest BCUT2D eigenvalue weighted by Gasteiger charge is -2.39. The van der Waals surface area contributed by atoms with Gasteiger partial charge in [-0.05, 0) is 41.6 Å². The van der Waals surface area contributed by atoms with Gasteiger partial charge in [-0.25, -0.2) is 4.98 Å². The lowest BCUT2D eigenvalue weighted by atomic mass is 9.92. The van der Waals surface area contributed by atoms with Gasteiger partial charge in [-0.1, -0.05) is 6.92 Å². The lowest BCUT2D eigenvalue weighted by Crippen LogP contribution is -2.43. The maximum absolute atomic E-state index is 4.56. The molecule has 2 rings (SSSR count). The van der Waals surface area contributed by atoms with Crippen LogP contribution in [0.15, 0.2) is 10.7 Å². The summed E-state index contributed by atoms with van der Waals surface area (Å²) in [5.74, 6) is 2.39. The highest BCUT2D eigenvalue weighted by Gasteiger charge is 2.27. The van der Waals surface area contributed by atoms with Crippen molar-refractivity contribution in [2.75, 3.05) is 23.8 Å². The standard InChI is InChI=1S/C12H19BrN4/c1-8-5-4-6-17(9(8)2)11-10(13)7-15-12(14-3)16-11/h7-9H,4-6H2,1-3H3,(H,14,15,16). The van der Waals surface area contributed by atoms with Crippen LogP contribution in [0, 0.1) is 5.92 Å². The molecular formula is C12H19BrN4. The van der Waals surface area contributed by atoms with Crippen LogP contribution in [0.25, 0.3) is 0 Å². The zero-order valence-electron chi connectivity index (χ0n) is 10.6. The first kappa shape index (κ1) is 12.6. The number of piperidine rings is 1. The van der Waals surface area contributed by atoms with Gasteiger partial charge in [-0.2, -0.15) is 4.98 Å². The number of aromatic nitrogens is 2. The van der Waals surface area contributed by atoms with E-state index in [0.717, 1.165) is 16.8 Å². The Bertz CT molecular complexity index is 396. The fourth-order valence-electron chi connectivity index (χ4n) is 2.31. The average Bonchev–Trinajstić information content (AvgIpc) is 2.34. The van der Waals surface area contributed by atoms with Gasteiger partial charge in [0.05, 0.1) is 4.47 Å². The molecule has 5 heteroatoms. The van der Waals surface area contributed by atoms with Crippen molar-refractivity contribution in [3.8, 4) is 0 Å². The second-order valence-electron chi connectivity index (χ2n) is 4.67. The minimum atomic E-state index is 0.527. The molecule has 2 atom stereocenters. The van der Waals surface area contributed by atoms with Crippen molar-refractivity contribution in [3.63, 3.8) is 0 Å². The van der Waals surface area contributed by atoms with E-state index in [2.05, 4.69) is 50.0 Å². The van der Waals surface area contributed by atoms with E-state index in [1.54, 1.807) is 0 Å². The number of halogens is 1. The summed E-state index contributed by atoms with van der Waals surface area (Å²) in [6.45, 7) is 5.66. The zero-order chi connectivity index (χ0) is 12.4. The molecular weight excluding hydrogens is 280 g/mol. The van der Waals surface area contributed by atoms with E-state index in [9.17, 15) is 0 Å². The van der Waals surface area contributed by atoms with E-state index in [1.807, 2.05) is 13.2 Å². The Balaban J connectivity index is 2.31. The topological polar surface area (TPSA) is 41.1 Å². The molecule has 0 saturated carbocycles. The minimum absolute atomic E-state index is 0.527. The van der Waals surface area contributed by atoms with Gasteiger partial charge in [0.1, 0.15) is 5.82 Å². The lowest BCUT2D eigenvalue weighted by molar-refractivity contribution is 0.361. The Morgan fingerprint density at radius 2 is 2.24 bits per heavy atom. The molecule has 1 aliphatic heterocycles.